The van der Waals surface area contributed by atoms with E-state index in [1.165, 1.54) is 12.8 Å². The van der Waals surface area contributed by atoms with E-state index in [1.54, 1.807) is 0 Å². The van der Waals surface area contributed by atoms with Gasteiger partial charge in [-0.3, -0.25) is 4.79 Å². The van der Waals surface area contributed by atoms with Gasteiger partial charge in [0.15, 0.2) is 5.65 Å². The van der Waals surface area contributed by atoms with Gasteiger partial charge in [-0.05, 0) is 53.5 Å². The van der Waals surface area contributed by atoms with E-state index in [-0.39, 0.29) is 36.3 Å². The summed E-state index contributed by atoms with van der Waals surface area (Å²) in [6.45, 7) is 12.8. The zero-order chi connectivity index (χ0) is 18.6. The molecule has 4 rings (SSSR count). The van der Waals surface area contributed by atoms with Crippen LogP contribution >= 0.6 is 24.8 Å². The molecule has 1 saturated carbocycles. The predicted molar refractivity (Wildman–Crippen MR) is 117 cm³/mol. The van der Waals surface area contributed by atoms with Crippen molar-refractivity contribution in [1.82, 2.24) is 25.0 Å². The van der Waals surface area contributed by atoms with Gasteiger partial charge in [-0.1, -0.05) is 0 Å². The van der Waals surface area contributed by atoms with E-state index in [9.17, 15) is 4.79 Å². The molecule has 1 saturated heterocycles. The van der Waals surface area contributed by atoms with Crippen LogP contribution in [-0.4, -0.2) is 51.2 Å². The first-order chi connectivity index (χ1) is 12.3. The van der Waals surface area contributed by atoms with E-state index < -0.39 is 0 Å². The third-order valence-corrected chi connectivity index (χ3v) is 5.35. The standard InChI is InChI=1S/C20H29N5O.2ClH/c1-12-11-24(9-8-21-12)19(26)15-10-16(14-6-7-14)22-18-17(15)13(2)23-25(18)20(3,4)5;;/h10,12,14,21H,6-9,11H2,1-5H3;2*1H. The number of halogens is 2. The lowest BCUT2D eigenvalue weighted by Crippen LogP contribution is -2.51. The van der Waals surface area contributed by atoms with E-state index in [1.807, 2.05) is 22.6 Å². The molecule has 1 atom stereocenters. The molecule has 3 heterocycles. The van der Waals surface area contributed by atoms with Crippen LogP contribution in [0.15, 0.2) is 6.07 Å². The van der Waals surface area contributed by atoms with Crippen molar-refractivity contribution in [2.75, 3.05) is 19.6 Å². The Morgan fingerprint density at radius 1 is 1.25 bits per heavy atom. The molecule has 0 aromatic carbocycles. The van der Waals surface area contributed by atoms with Crippen LogP contribution in [0.5, 0.6) is 0 Å². The van der Waals surface area contributed by atoms with Crippen LogP contribution < -0.4 is 5.32 Å². The first-order valence-corrected chi connectivity index (χ1v) is 9.69. The molecule has 2 aliphatic rings. The summed E-state index contributed by atoms with van der Waals surface area (Å²) in [5.41, 5.74) is 3.39. The monoisotopic (exact) mass is 427 g/mol. The van der Waals surface area contributed by atoms with Crippen LogP contribution in [0.2, 0.25) is 0 Å². The van der Waals surface area contributed by atoms with Gasteiger partial charge in [-0.25, -0.2) is 9.67 Å². The average Bonchev–Trinajstić information content (AvgIpc) is 3.37. The van der Waals surface area contributed by atoms with Gasteiger partial charge in [0.25, 0.3) is 5.91 Å². The summed E-state index contributed by atoms with van der Waals surface area (Å²) >= 11 is 0. The Hall–Kier alpha value is -1.37. The number of pyridine rings is 1. The van der Waals surface area contributed by atoms with E-state index in [2.05, 4.69) is 33.0 Å². The third-order valence-electron chi connectivity index (χ3n) is 5.35. The number of amides is 1. The van der Waals surface area contributed by atoms with Gasteiger partial charge in [-0.15, -0.1) is 24.8 Å². The van der Waals surface area contributed by atoms with Crippen LogP contribution in [0.4, 0.5) is 0 Å². The summed E-state index contributed by atoms with van der Waals surface area (Å²) in [5, 5.41) is 9.08. The second kappa shape index (κ2) is 8.17. The van der Waals surface area contributed by atoms with E-state index in [0.29, 0.717) is 12.0 Å². The molecule has 1 aliphatic carbocycles. The van der Waals surface area contributed by atoms with Gasteiger partial charge < -0.3 is 10.2 Å². The van der Waals surface area contributed by atoms with Crippen LogP contribution in [-0.2, 0) is 5.54 Å². The lowest BCUT2D eigenvalue weighted by Gasteiger charge is -2.32. The number of piperazine rings is 1. The minimum Gasteiger partial charge on any atom is -0.336 e. The fraction of sp³-hybridized carbons (Fsp3) is 0.650. The van der Waals surface area contributed by atoms with Gasteiger partial charge in [0, 0.05) is 37.3 Å². The number of fused-ring (bicyclic) bond motifs is 1. The largest absolute Gasteiger partial charge is 0.336 e. The predicted octanol–water partition coefficient (Wildman–Crippen LogP) is 3.65. The minimum absolute atomic E-state index is 0. The molecule has 1 aliphatic heterocycles. The summed E-state index contributed by atoms with van der Waals surface area (Å²) < 4.78 is 1.99. The molecule has 2 aromatic rings. The van der Waals surface area contributed by atoms with Crippen molar-refractivity contribution in [2.45, 2.75) is 65.0 Å². The second-order valence-corrected chi connectivity index (χ2v) is 8.84. The van der Waals surface area contributed by atoms with Crippen LogP contribution in [0.25, 0.3) is 11.0 Å². The van der Waals surface area contributed by atoms with Crippen LogP contribution in [0, 0.1) is 6.92 Å². The Balaban J connectivity index is 0.00000140. The van der Waals surface area contributed by atoms with E-state index >= 15 is 0 Å². The highest BCUT2D eigenvalue weighted by Gasteiger charge is 2.32. The third kappa shape index (κ3) is 4.14. The lowest BCUT2D eigenvalue weighted by atomic mass is 10.0. The lowest BCUT2D eigenvalue weighted by molar-refractivity contribution is 0.0711. The Labute approximate surface area is 179 Å². The molecule has 0 spiro atoms. The Morgan fingerprint density at radius 3 is 2.50 bits per heavy atom. The van der Waals surface area contributed by atoms with Crippen molar-refractivity contribution >= 4 is 41.8 Å². The quantitative estimate of drug-likeness (QED) is 0.793. The molecule has 0 radical (unpaired) electrons. The molecule has 6 nitrogen and oxygen atoms in total. The highest BCUT2D eigenvalue weighted by atomic mass is 35.5. The molecule has 2 fully saturated rings. The molecule has 1 unspecified atom stereocenters. The molecule has 1 amide bonds. The first-order valence-electron chi connectivity index (χ1n) is 9.69. The van der Waals surface area contributed by atoms with Crippen molar-refractivity contribution < 1.29 is 4.79 Å². The number of aryl methyl sites for hydroxylation is 1. The van der Waals surface area contributed by atoms with Gasteiger partial charge in [-0.2, -0.15) is 5.10 Å². The number of carbonyl (C=O) groups is 1. The SMILES string of the molecule is Cc1nn(C(C)(C)C)c2nc(C3CC3)cc(C(=O)N3CCNC(C)C3)c12.Cl.Cl. The van der Waals surface area contributed by atoms with Crippen molar-refractivity contribution in [3.63, 3.8) is 0 Å². The maximum Gasteiger partial charge on any atom is 0.254 e. The molecule has 1 N–H and O–H groups in total. The van der Waals surface area contributed by atoms with Crippen molar-refractivity contribution in [2.24, 2.45) is 0 Å². The number of carbonyl (C=O) groups excluding carboxylic acids is 1. The topological polar surface area (TPSA) is 63.1 Å². The van der Waals surface area contributed by atoms with Gasteiger partial charge in [0.2, 0.25) is 0 Å². The maximum absolute atomic E-state index is 13.4. The summed E-state index contributed by atoms with van der Waals surface area (Å²) in [6.07, 6.45) is 2.33. The van der Waals surface area contributed by atoms with Gasteiger partial charge >= 0.3 is 0 Å². The van der Waals surface area contributed by atoms with E-state index in [4.69, 9.17) is 10.1 Å². The number of nitrogens with zero attached hydrogens (tertiary/aromatic N) is 4. The Morgan fingerprint density at radius 2 is 1.93 bits per heavy atom. The second-order valence-electron chi connectivity index (χ2n) is 8.84. The normalized spacial score (nSPS) is 19.9. The average molecular weight is 428 g/mol. The Bertz CT molecular complexity index is 870. The van der Waals surface area contributed by atoms with Crippen molar-refractivity contribution in [3.05, 3.63) is 23.0 Å². The molecule has 156 valence electrons. The fourth-order valence-corrected chi connectivity index (χ4v) is 3.82. The van der Waals surface area contributed by atoms with Crippen molar-refractivity contribution in [3.8, 4) is 0 Å². The molecule has 8 heteroatoms. The summed E-state index contributed by atoms with van der Waals surface area (Å²) in [5.74, 6) is 0.612. The maximum atomic E-state index is 13.4. The molecule has 0 bridgehead atoms. The Kier molecular flexibility index (Phi) is 6.68. The number of aromatic nitrogens is 3. The highest BCUT2D eigenvalue weighted by molar-refractivity contribution is 6.06. The summed E-state index contributed by atoms with van der Waals surface area (Å²) in [6, 6.07) is 2.36. The fourth-order valence-electron chi connectivity index (χ4n) is 3.82. The number of hydrogen-bond acceptors (Lipinski definition) is 4. The molecule has 28 heavy (non-hydrogen) atoms. The van der Waals surface area contributed by atoms with Crippen molar-refractivity contribution in [1.29, 1.82) is 0 Å². The van der Waals surface area contributed by atoms with Crippen LogP contribution in [0.3, 0.4) is 0 Å². The molecule has 2 aromatic heterocycles. The number of rotatable bonds is 2. The van der Waals surface area contributed by atoms with E-state index in [0.717, 1.165) is 47.6 Å². The van der Waals surface area contributed by atoms with Crippen LogP contribution in [0.1, 0.15) is 68.2 Å². The smallest absolute Gasteiger partial charge is 0.254 e. The summed E-state index contributed by atoms with van der Waals surface area (Å²) in [4.78, 5) is 20.3. The molecular formula is C20H31Cl2N5O. The molecular weight excluding hydrogens is 397 g/mol. The highest BCUT2D eigenvalue weighted by Crippen LogP contribution is 2.41. The zero-order valence-corrected chi connectivity index (χ0v) is 18.9. The number of nitrogens with one attached hydrogen (secondary N) is 1. The van der Waals surface area contributed by atoms with Gasteiger partial charge in [0.1, 0.15) is 0 Å². The summed E-state index contributed by atoms with van der Waals surface area (Å²) in [7, 11) is 0. The minimum atomic E-state index is -0.175. The zero-order valence-electron chi connectivity index (χ0n) is 17.3. The van der Waals surface area contributed by atoms with Gasteiger partial charge in [0.05, 0.1) is 22.2 Å². The number of hydrogen-bond donors (Lipinski definition) is 1. The first kappa shape index (κ1) is 22.9.